The van der Waals surface area contributed by atoms with Crippen molar-refractivity contribution in [2.24, 2.45) is 0 Å². The summed E-state index contributed by atoms with van der Waals surface area (Å²) in [7, 11) is 0. The second kappa shape index (κ2) is 8.72. The van der Waals surface area contributed by atoms with Gasteiger partial charge >= 0.3 is 0 Å². The van der Waals surface area contributed by atoms with Gasteiger partial charge in [0, 0.05) is 22.2 Å². The fourth-order valence-electron chi connectivity index (χ4n) is 2.12. The van der Waals surface area contributed by atoms with Crippen molar-refractivity contribution in [3.8, 4) is 16.3 Å². The second-order valence-electron chi connectivity index (χ2n) is 6.79. The largest absolute Gasteiger partial charge is 0.494 e. The fraction of sp³-hybridized carbons (Fsp3) is 0.474. The van der Waals surface area contributed by atoms with Gasteiger partial charge in [-0.15, -0.1) is 23.1 Å². The summed E-state index contributed by atoms with van der Waals surface area (Å²) in [5.74, 6) is 1.67. The van der Waals surface area contributed by atoms with Crippen molar-refractivity contribution in [2.45, 2.75) is 51.2 Å². The first-order valence-corrected chi connectivity index (χ1v) is 10.3. The highest BCUT2D eigenvalue weighted by atomic mass is 32.2. The van der Waals surface area contributed by atoms with Crippen LogP contribution in [-0.2, 0) is 10.5 Å². The zero-order chi connectivity index (χ0) is 18.4. The minimum absolute atomic E-state index is 0.0689. The summed E-state index contributed by atoms with van der Waals surface area (Å²) in [6, 6.07) is 7.99. The second-order valence-corrected chi connectivity index (χ2v) is 8.98. The predicted octanol–water partition coefficient (Wildman–Crippen LogP) is 4.75. The molecule has 0 fully saturated rings. The molecule has 0 saturated heterocycles. The molecule has 25 heavy (non-hydrogen) atoms. The van der Waals surface area contributed by atoms with Gasteiger partial charge in [0.05, 0.1) is 17.6 Å². The Kier molecular flexibility index (Phi) is 6.90. The lowest BCUT2D eigenvalue weighted by molar-refractivity contribution is -0.121. The topological polar surface area (TPSA) is 51.2 Å². The summed E-state index contributed by atoms with van der Waals surface area (Å²) < 4.78 is 5.47. The van der Waals surface area contributed by atoms with Crippen molar-refractivity contribution in [1.82, 2.24) is 10.3 Å². The molecule has 0 aliphatic heterocycles. The van der Waals surface area contributed by atoms with Crippen molar-refractivity contribution in [3.63, 3.8) is 0 Å². The van der Waals surface area contributed by atoms with Gasteiger partial charge in [-0.1, -0.05) is 0 Å². The molecule has 0 saturated carbocycles. The molecule has 136 valence electrons. The normalized spacial score (nSPS) is 12.7. The SMILES string of the molecule is CCOc1ccc(-c2nc(CSC(C)C(=O)NC(C)(C)C)cs2)cc1. The van der Waals surface area contributed by atoms with E-state index in [9.17, 15) is 4.79 Å². The van der Waals surface area contributed by atoms with Gasteiger partial charge in [-0.2, -0.15) is 0 Å². The standard InChI is InChI=1S/C19H26N2O2S2/c1-6-23-16-9-7-14(8-10-16)18-20-15(12-25-18)11-24-13(2)17(22)21-19(3,4)5/h7-10,12-13H,6,11H2,1-5H3,(H,21,22). The zero-order valence-electron chi connectivity index (χ0n) is 15.5. The Hall–Kier alpha value is -1.53. The Morgan fingerprint density at radius 2 is 2.00 bits per heavy atom. The summed E-state index contributed by atoms with van der Waals surface area (Å²) in [5, 5.41) is 5.96. The van der Waals surface area contributed by atoms with Gasteiger partial charge in [0.2, 0.25) is 5.91 Å². The van der Waals surface area contributed by atoms with Crippen LogP contribution in [0.15, 0.2) is 29.6 Å². The van der Waals surface area contributed by atoms with Crippen LogP contribution in [0.5, 0.6) is 5.75 Å². The maximum atomic E-state index is 12.1. The first kappa shape index (κ1) is 19.8. The smallest absolute Gasteiger partial charge is 0.233 e. The maximum Gasteiger partial charge on any atom is 0.233 e. The lowest BCUT2D eigenvalue weighted by atomic mass is 10.1. The van der Waals surface area contributed by atoms with E-state index in [1.54, 1.807) is 23.1 Å². The number of amides is 1. The Balaban J connectivity index is 1.92. The summed E-state index contributed by atoms with van der Waals surface area (Å²) in [5.41, 5.74) is 1.89. The highest BCUT2D eigenvalue weighted by Crippen LogP contribution is 2.28. The quantitative estimate of drug-likeness (QED) is 0.756. The van der Waals surface area contributed by atoms with E-state index in [-0.39, 0.29) is 16.7 Å². The average Bonchev–Trinajstić information content (AvgIpc) is 3.01. The number of nitrogens with zero attached hydrogens (tertiary/aromatic N) is 1. The van der Waals surface area contributed by atoms with Gasteiger partial charge < -0.3 is 10.1 Å². The van der Waals surface area contributed by atoms with Gasteiger partial charge in [0.15, 0.2) is 0 Å². The number of rotatable bonds is 7. The highest BCUT2D eigenvalue weighted by molar-refractivity contribution is 7.99. The lowest BCUT2D eigenvalue weighted by Gasteiger charge is -2.22. The van der Waals surface area contributed by atoms with E-state index < -0.39 is 0 Å². The van der Waals surface area contributed by atoms with Crippen molar-refractivity contribution in [1.29, 1.82) is 0 Å². The van der Waals surface area contributed by atoms with E-state index in [1.807, 2.05) is 58.9 Å². The molecule has 1 unspecified atom stereocenters. The molecule has 0 bridgehead atoms. The number of thiazole rings is 1. The fourth-order valence-corrected chi connectivity index (χ4v) is 3.83. The summed E-state index contributed by atoms with van der Waals surface area (Å²) >= 11 is 3.23. The number of hydrogen-bond donors (Lipinski definition) is 1. The van der Waals surface area contributed by atoms with E-state index in [1.165, 1.54) is 0 Å². The maximum absolute atomic E-state index is 12.1. The Morgan fingerprint density at radius 3 is 2.60 bits per heavy atom. The first-order chi connectivity index (χ1) is 11.8. The molecule has 1 heterocycles. The van der Waals surface area contributed by atoms with Crippen molar-refractivity contribution in [3.05, 3.63) is 35.3 Å². The van der Waals surface area contributed by atoms with Crippen LogP contribution in [0.4, 0.5) is 0 Å². The monoisotopic (exact) mass is 378 g/mol. The molecule has 1 N–H and O–H groups in total. The van der Waals surface area contributed by atoms with E-state index >= 15 is 0 Å². The third-order valence-corrected chi connectivity index (χ3v) is 5.43. The van der Waals surface area contributed by atoms with E-state index in [0.29, 0.717) is 6.61 Å². The van der Waals surface area contributed by atoms with Gasteiger partial charge in [-0.05, 0) is 58.9 Å². The molecular formula is C19H26N2O2S2. The van der Waals surface area contributed by atoms with E-state index in [4.69, 9.17) is 4.74 Å². The molecule has 0 radical (unpaired) electrons. The average molecular weight is 379 g/mol. The number of aromatic nitrogens is 1. The number of hydrogen-bond acceptors (Lipinski definition) is 5. The van der Waals surface area contributed by atoms with Gasteiger partial charge in [0.1, 0.15) is 10.8 Å². The van der Waals surface area contributed by atoms with Crippen LogP contribution in [0.2, 0.25) is 0 Å². The Labute approximate surface area is 158 Å². The van der Waals surface area contributed by atoms with Gasteiger partial charge in [-0.25, -0.2) is 4.98 Å². The number of carbonyl (C=O) groups is 1. The van der Waals surface area contributed by atoms with Crippen molar-refractivity contribution >= 4 is 29.0 Å². The van der Waals surface area contributed by atoms with Gasteiger partial charge in [0.25, 0.3) is 0 Å². The third-order valence-electron chi connectivity index (χ3n) is 3.31. The van der Waals surface area contributed by atoms with Crippen LogP contribution in [0, 0.1) is 0 Å². The van der Waals surface area contributed by atoms with Crippen LogP contribution >= 0.6 is 23.1 Å². The molecule has 1 aromatic carbocycles. The number of carbonyl (C=O) groups excluding carboxylic acids is 1. The molecule has 2 aromatic rings. The molecule has 0 aliphatic rings. The molecular weight excluding hydrogens is 352 g/mol. The molecule has 1 atom stereocenters. The zero-order valence-corrected chi connectivity index (χ0v) is 17.1. The van der Waals surface area contributed by atoms with Crippen LogP contribution < -0.4 is 10.1 Å². The minimum atomic E-state index is -0.201. The Morgan fingerprint density at radius 1 is 1.32 bits per heavy atom. The molecule has 4 nitrogen and oxygen atoms in total. The molecule has 1 amide bonds. The van der Waals surface area contributed by atoms with Crippen molar-refractivity contribution in [2.75, 3.05) is 6.61 Å². The summed E-state index contributed by atoms with van der Waals surface area (Å²) in [6.07, 6.45) is 0. The van der Waals surface area contributed by atoms with E-state index in [2.05, 4.69) is 15.7 Å². The lowest BCUT2D eigenvalue weighted by Crippen LogP contribution is -2.44. The molecule has 0 aliphatic carbocycles. The Bertz CT molecular complexity index is 690. The molecule has 0 spiro atoms. The van der Waals surface area contributed by atoms with Crippen molar-refractivity contribution < 1.29 is 9.53 Å². The summed E-state index contributed by atoms with van der Waals surface area (Å²) in [6.45, 7) is 10.6. The third kappa shape index (κ3) is 6.36. The number of ether oxygens (including phenoxy) is 1. The van der Waals surface area contributed by atoms with Crippen LogP contribution in [-0.4, -0.2) is 28.3 Å². The predicted molar refractivity (Wildman–Crippen MR) is 107 cm³/mol. The van der Waals surface area contributed by atoms with Gasteiger partial charge in [-0.3, -0.25) is 4.79 Å². The molecule has 6 heteroatoms. The molecule has 2 rings (SSSR count). The van der Waals surface area contributed by atoms with Crippen LogP contribution in [0.3, 0.4) is 0 Å². The molecule has 1 aromatic heterocycles. The van der Waals surface area contributed by atoms with E-state index in [0.717, 1.165) is 27.8 Å². The highest BCUT2D eigenvalue weighted by Gasteiger charge is 2.19. The van der Waals surface area contributed by atoms with Crippen LogP contribution in [0.25, 0.3) is 10.6 Å². The first-order valence-electron chi connectivity index (χ1n) is 8.40. The summed E-state index contributed by atoms with van der Waals surface area (Å²) in [4.78, 5) is 16.8. The van der Waals surface area contributed by atoms with Crippen LogP contribution in [0.1, 0.15) is 40.3 Å². The minimum Gasteiger partial charge on any atom is -0.494 e. The number of thioether (sulfide) groups is 1. The number of nitrogens with one attached hydrogen (secondary N) is 1. The number of benzene rings is 1.